The molecule has 2 fully saturated rings. The Kier molecular flexibility index (Phi) is 7.65. The Bertz CT molecular complexity index is 953. The molecule has 2 aliphatic heterocycles. The van der Waals surface area contributed by atoms with Gasteiger partial charge in [0.05, 0.1) is 19.1 Å². The van der Waals surface area contributed by atoms with Crippen LogP contribution in [0.5, 0.6) is 5.75 Å². The van der Waals surface area contributed by atoms with Crippen molar-refractivity contribution in [2.45, 2.75) is 51.6 Å². The number of carbonyl (C=O) groups is 2. The molecule has 2 aromatic rings. The van der Waals surface area contributed by atoms with Gasteiger partial charge in [0.1, 0.15) is 5.75 Å². The van der Waals surface area contributed by atoms with Crippen LogP contribution in [0.25, 0.3) is 0 Å². The van der Waals surface area contributed by atoms with Gasteiger partial charge in [-0.3, -0.25) is 14.5 Å². The number of hydrogen-bond donors (Lipinski definition) is 1. The Balaban J connectivity index is 1.52. The van der Waals surface area contributed by atoms with Crippen molar-refractivity contribution in [1.82, 2.24) is 9.80 Å². The highest BCUT2D eigenvalue weighted by Crippen LogP contribution is 2.39. The molecular weight excluding hydrogens is 414 g/mol. The maximum Gasteiger partial charge on any atom is 0.230 e. The number of benzene rings is 2. The molecular formula is C27H35N3O3. The number of ether oxygens (including phenoxy) is 1. The summed E-state index contributed by atoms with van der Waals surface area (Å²) in [5.41, 5.74) is 2.97. The van der Waals surface area contributed by atoms with E-state index in [-0.39, 0.29) is 24.3 Å². The Hall–Kier alpha value is -2.86. The predicted molar refractivity (Wildman–Crippen MR) is 130 cm³/mol. The van der Waals surface area contributed by atoms with E-state index >= 15 is 0 Å². The van der Waals surface area contributed by atoms with Gasteiger partial charge >= 0.3 is 0 Å². The van der Waals surface area contributed by atoms with Gasteiger partial charge in [0, 0.05) is 25.2 Å². The molecule has 2 amide bonds. The molecule has 0 bridgehead atoms. The molecule has 0 spiro atoms. The van der Waals surface area contributed by atoms with Crippen LogP contribution in [0.4, 0.5) is 5.69 Å². The van der Waals surface area contributed by atoms with E-state index in [9.17, 15) is 9.59 Å². The largest absolute Gasteiger partial charge is 0.497 e. The molecule has 0 aromatic heterocycles. The molecule has 6 nitrogen and oxygen atoms in total. The number of methoxy groups -OCH3 is 1. The average molecular weight is 450 g/mol. The zero-order valence-electron chi connectivity index (χ0n) is 19.8. The van der Waals surface area contributed by atoms with Gasteiger partial charge in [-0.25, -0.2) is 0 Å². The van der Waals surface area contributed by atoms with Gasteiger partial charge in [-0.05, 0) is 67.7 Å². The quantitative estimate of drug-likeness (QED) is 0.607. The minimum Gasteiger partial charge on any atom is -0.497 e. The third-order valence-corrected chi connectivity index (χ3v) is 6.78. The van der Waals surface area contributed by atoms with Crippen molar-refractivity contribution < 1.29 is 14.3 Å². The zero-order valence-corrected chi connectivity index (χ0v) is 19.8. The fourth-order valence-electron chi connectivity index (χ4n) is 5.01. The molecule has 2 aromatic carbocycles. The topological polar surface area (TPSA) is 61.9 Å². The minimum atomic E-state index is -0.426. The third-order valence-electron chi connectivity index (χ3n) is 6.78. The summed E-state index contributed by atoms with van der Waals surface area (Å²) < 4.78 is 5.29. The van der Waals surface area contributed by atoms with Crippen molar-refractivity contribution in [1.29, 1.82) is 0 Å². The first kappa shape index (κ1) is 23.3. The lowest BCUT2D eigenvalue weighted by atomic mass is 9.92. The molecule has 2 heterocycles. The summed E-state index contributed by atoms with van der Waals surface area (Å²) in [6, 6.07) is 15.6. The molecule has 6 heteroatoms. The van der Waals surface area contributed by atoms with Gasteiger partial charge < -0.3 is 15.0 Å². The Labute approximate surface area is 196 Å². The van der Waals surface area contributed by atoms with Crippen LogP contribution in [0.1, 0.15) is 56.2 Å². The number of anilines is 1. The van der Waals surface area contributed by atoms with E-state index in [0.29, 0.717) is 6.54 Å². The smallest absolute Gasteiger partial charge is 0.230 e. The molecule has 0 saturated carbocycles. The third kappa shape index (κ3) is 5.56. The SMILES string of the molecule is CCCCN1C(=O)CC(C(=O)Nc2cccc(CN3CCCC3)c2)C1c1ccc(OC)cc1. The minimum absolute atomic E-state index is 0.0483. The van der Waals surface area contributed by atoms with Crippen LogP contribution >= 0.6 is 0 Å². The van der Waals surface area contributed by atoms with Crippen molar-refractivity contribution in [3.05, 3.63) is 59.7 Å². The van der Waals surface area contributed by atoms with Crippen LogP contribution < -0.4 is 10.1 Å². The number of carbonyl (C=O) groups excluding carboxylic acids is 2. The van der Waals surface area contributed by atoms with E-state index in [1.54, 1.807) is 7.11 Å². The van der Waals surface area contributed by atoms with Crippen molar-refractivity contribution in [2.24, 2.45) is 5.92 Å². The highest BCUT2D eigenvalue weighted by atomic mass is 16.5. The first-order valence-electron chi connectivity index (χ1n) is 12.1. The van der Waals surface area contributed by atoms with Gasteiger partial charge in [-0.15, -0.1) is 0 Å². The van der Waals surface area contributed by atoms with Gasteiger partial charge in [0.2, 0.25) is 11.8 Å². The summed E-state index contributed by atoms with van der Waals surface area (Å²) in [6.45, 7) is 5.96. The first-order valence-corrected chi connectivity index (χ1v) is 12.1. The van der Waals surface area contributed by atoms with Crippen molar-refractivity contribution in [2.75, 3.05) is 32.1 Å². The zero-order chi connectivity index (χ0) is 23.2. The number of nitrogens with one attached hydrogen (secondary N) is 1. The van der Waals surface area contributed by atoms with Crippen LogP contribution in [0.15, 0.2) is 48.5 Å². The standard InChI is InChI=1S/C27H35N3O3/c1-3-4-16-30-25(31)18-24(26(30)21-10-12-23(33-2)13-11-21)27(32)28-22-9-7-8-20(17-22)19-29-14-5-6-15-29/h7-13,17,24,26H,3-6,14-16,18-19H2,1-2H3,(H,28,32). The second-order valence-electron chi connectivity index (χ2n) is 9.14. The van der Waals surface area contributed by atoms with Crippen LogP contribution in [0, 0.1) is 5.92 Å². The summed E-state index contributed by atoms with van der Waals surface area (Å²) in [7, 11) is 1.63. The van der Waals surface area contributed by atoms with E-state index in [1.165, 1.54) is 18.4 Å². The maximum absolute atomic E-state index is 13.4. The number of amides is 2. The summed E-state index contributed by atoms with van der Waals surface area (Å²) in [5.74, 6) is 0.290. The van der Waals surface area contributed by atoms with Gasteiger partial charge in [0.25, 0.3) is 0 Å². The van der Waals surface area contributed by atoms with E-state index in [4.69, 9.17) is 4.74 Å². The number of hydrogen-bond acceptors (Lipinski definition) is 4. The monoisotopic (exact) mass is 449 g/mol. The number of nitrogens with zero attached hydrogens (tertiary/aromatic N) is 2. The fraction of sp³-hybridized carbons (Fsp3) is 0.481. The lowest BCUT2D eigenvalue weighted by molar-refractivity contribution is -0.129. The van der Waals surface area contributed by atoms with Crippen molar-refractivity contribution in [3.8, 4) is 5.75 Å². The van der Waals surface area contributed by atoms with Crippen LogP contribution in [-0.4, -0.2) is 48.4 Å². The molecule has 176 valence electrons. The van der Waals surface area contributed by atoms with E-state index in [2.05, 4.69) is 29.3 Å². The summed E-state index contributed by atoms with van der Waals surface area (Å²) in [5, 5.41) is 3.11. The normalized spacial score (nSPS) is 20.9. The lowest BCUT2D eigenvalue weighted by Gasteiger charge is -2.28. The average Bonchev–Trinajstić information content (AvgIpc) is 3.45. The Morgan fingerprint density at radius 2 is 1.88 bits per heavy atom. The molecule has 0 radical (unpaired) electrons. The van der Waals surface area contributed by atoms with Crippen molar-refractivity contribution >= 4 is 17.5 Å². The number of unbranched alkanes of at least 4 members (excludes halogenated alkanes) is 1. The molecule has 33 heavy (non-hydrogen) atoms. The summed E-state index contributed by atoms with van der Waals surface area (Å²) >= 11 is 0. The van der Waals surface area contributed by atoms with E-state index in [0.717, 1.165) is 49.5 Å². The van der Waals surface area contributed by atoms with Crippen LogP contribution in [0.2, 0.25) is 0 Å². The Morgan fingerprint density at radius 3 is 2.58 bits per heavy atom. The highest BCUT2D eigenvalue weighted by molar-refractivity contribution is 5.98. The molecule has 2 unspecified atom stereocenters. The molecule has 2 saturated heterocycles. The molecule has 1 N–H and O–H groups in total. The summed E-state index contributed by atoms with van der Waals surface area (Å²) in [6.07, 6.45) is 4.67. The Morgan fingerprint density at radius 1 is 1.12 bits per heavy atom. The summed E-state index contributed by atoms with van der Waals surface area (Å²) in [4.78, 5) is 30.7. The van der Waals surface area contributed by atoms with Crippen LogP contribution in [0.3, 0.4) is 0 Å². The molecule has 2 atom stereocenters. The second kappa shape index (κ2) is 10.8. The number of rotatable bonds is 9. The van der Waals surface area contributed by atoms with Gasteiger partial charge in [0.15, 0.2) is 0 Å². The van der Waals surface area contributed by atoms with Gasteiger partial charge in [-0.1, -0.05) is 37.6 Å². The fourth-order valence-corrected chi connectivity index (χ4v) is 5.01. The van der Waals surface area contributed by atoms with Crippen LogP contribution in [-0.2, 0) is 16.1 Å². The highest BCUT2D eigenvalue weighted by Gasteiger charge is 2.44. The number of likely N-dealkylation sites (tertiary alicyclic amines) is 2. The van der Waals surface area contributed by atoms with E-state index in [1.807, 2.05) is 41.3 Å². The molecule has 4 rings (SSSR count). The first-order chi connectivity index (χ1) is 16.1. The van der Waals surface area contributed by atoms with E-state index < -0.39 is 5.92 Å². The van der Waals surface area contributed by atoms with Gasteiger partial charge in [-0.2, -0.15) is 0 Å². The lowest BCUT2D eigenvalue weighted by Crippen LogP contribution is -2.33. The maximum atomic E-state index is 13.4. The molecule has 2 aliphatic rings. The molecule has 0 aliphatic carbocycles. The predicted octanol–water partition coefficient (Wildman–Crippen LogP) is 4.62. The van der Waals surface area contributed by atoms with Crippen molar-refractivity contribution in [3.63, 3.8) is 0 Å². The second-order valence-corrected chi connectivity index (χ2v) is 9.14.